The Balaban J connectivity index is -0.000000498. The van der Waals surface area contributed by atoms with Crippen molar-refractivity contribution in [3.63, 3.8) is 0 Å². The maximum atomic E-state index is 5.38. The Morgan fingerprint density at radius 3 is 1.42 bits per heavy atom. The molecule has 0 rings (SSSR count). The molecule has 26 heavy (non-hydrogen) atoms. The van der Waals surface area contributed by atoms with E-state index in [1.807, 2.05) is 0 Å². The smallest absolute Gasteiger partial charge is 0.514 e. The summed E-state index contributed by atoms with van der Waals surface area (Å²) in [5, 5.41) is 0. The molecule has 0 aromatic heterocycles. The Morgan fingerprint density at radius 1 is 0.769 bits per heavy atom. The molecule has 0 saturated carbocycles. The van der Waals surface area contributed by atoms with Gasteiger partial charge >= 0.3 is 180 Å². The first-order valence-electron chi connectivity index (χ1n) is 8.16. The van der Waals surface area contributed by atoms with Crippen LogP contribution in [0, 0.1) is 0 Å². The van der Waals surface area contributed by atoms with Crippen molar-refractivity contribution in [2.24, 2.45) is 0 Å². The van der Waals surface area contributed by atoms with Gasteiger partial charge in [0, 0.05) is 4.38 Å². The Kier molecular flexibility index (Phi) is 35.6. The van der Waals surface area contributed by atoms with Gasteiger partial charge in [-0.15, -0.1) is 0 Å². The third kappa shape index (κ3) is 31.4. The fraction of sp³-hybridized carbons (Fsp3) is 0.800. The molecule has 0 atom stereocenters. The molecule has 0 aliphatic carbocycles. The summed E-state index contributed by atoms with van der Waals surface area (Å²) in [5.74, 6) is 0. The fourth-order valence-corrected chi connectivity index (χ4v) is 8.14. The predicted octanol–water partition coefficient (Wildman–Crippen LogP) is 2.83. The van der Waals surface area contributed by atoms with Gasteiger partial charge in [0.25, 0.3) is 0 Å². The second-order valence-corrected chi connectivity index (χ2v) is 13.1. The number of ether oxygens (including phenoxy) is 3. The maximum Gasteiger partial charge on any atom is 1.00 e. The minimum Gasteiger partial charge on any atom is -0.514 e. The molecule has 0 unspecified atom stereocenters. The summed E-state index contributed by atoms with van der Waals surface area (Å²) >= 11 is 19.4. The van der Waals surface area contributed by atoms with E-state index in [0.29, 0.717) is 15.4 Å². The summed E-state index contributed by atoms with van der Waals surface area (Å²) in [4.78, 5) is 0. The van der Waals surface area contributed by atoms with Crippen LogP contribution in [-0.2, 0) is 26.8 Å². The van der Waals surface area contributed by atoms with Crippen LogP contribution in [0.2, 0.25) is 0 Å². The molecule has 0 fully saturated rings. The van der Waals surface area contributed by atoms with Crippen molar-refractivity contribution in [2.45, 2.75) is 59.3 Å². The van der Waals surface area contributed by atoms with Gasteiger partial charge in [-0.1, -0.05) is 13.3 Å². The van der Waals surface area contributed by atoms with Crippen LogP contribution in [0.5, 0.6) is 0 Å². The van der Waals surface area contributed by atoms with E-state index in [9.17, 15) is 0 Å². The van der Waals surface area contributed by atoms with Gasteiger partial charge < -0.3 is 29.6 Å². The molecule has 0 saturated heterocycles. The number of unbranched alkanes of at least 4 members (excludes halogenated alkanes) is 3. The van der Waals surface area contributed by atoms with Gasteiger partial charge in [0.15, 0.2) is 0 Å². The molecule has 0 radical (unpaired) electrons. The molecule has 0 aliphatic rings. The van der Waals surface area contributed by atoms with E-state index < -0.39 is 0 Å². The van der Waals surface area contributed by atoms with Crippen molar-refractivity contribution in [2.75, 3.05) is 19.8 Å². The topological polar surface area (TPSA) is 27.7 Å². The Bertz CT molecular complexity index is 342. The van der Waals surface area contributed by atoms with Crippen LogP contribution in [0.1, 0.15) is 59.3 Å². The second-order valence-electron chi connectivity index (χ2n) is 4.59. The van der Waals surface area contributed by atoms with Crippen molar-refractivity contribution in [3.8, 4) is 0 Å². The summed E-state index contributed by atoms with van der Waals surface area (Å²) < 4.78 is 17.1. The molecule has 0 amide bonds. The molecule has 0 spiro atoms. The average molecular weight is 566 g/mol. The van der Waals surface area contributed by atoms with Gasteiger partial charge in [0.2, 0.25) is 0 Å². The monoisotopic (exact) mass is 566 g/mol. The summed E-state index contributed by atoms with van der Waals surface area (Å²) in [6.07, 6.45) is 6.53. The van der Waals surface area contributed by atoms with Crippen LogP contribution >= 0.6 is 57.0 Å². The third-order valence-electron chi connectivity index (χ3n) is 2.36. The predicted molar refractivity (Wildman–Crippen MR) is 129 cm³/mol. The van der Waals surface area contributed by atoms with Gasteiger partial charge in [0.05, 0.1) is 6.61 Å². The van der Waals surface area contributed by atoms with Crippen molar-refractivity contribution in [3.05, 3.63) is 0 Å². The fourth-order valence-electron chi connectivity index (χ4n) is 1.02. The van der Waals surface area contributed by atoms with E-state index >= 15 is 0 Å². The Morgan fingerprint density at radius 2 is 1.12 bits per heavy atom. The number of rotatable bonds is 11. The van der Waals surface area contributed by atoms with Crippen molar-refractivity contribution >= 4 is 95.5 Å². The van der Waals surface area contributed by atoms with E-state index in [4.69, 9.17) is 38.6 Å². The molecule has 0 aliphatic heterocycles. The molecule has 0 heterocycles. The molecule has 0 aromatic carbocycles. The minimum atomic E-state index is 0. The van der Waals surface area contributed by atoms with Crippen LogP contribution in [0.4, 0.5) is 0 Å². The SMILES string of the molecule is CCCCOC(=S)S[Se]SC(=S)OCCCC.CCCCOC(=S)[S-].[K+]. The van der Waals surface area contributed by atoms with Crippen molar-refractivity contribution < 1.29 is 65.6 Å². The van der Waals surface area contributed by atoms with Crippen molar-refractivity contribution in [1.82, 2.24) is 0 Å². The normalized spacial score (nSPS) is 9.19. The van der Waals surface area contributed by atoms with Gasteiger partial charge in [-0.05, 0) is 6.42 Å². The van der Waals surface area contributed by atoms with E-state index in [2.05, 4.69) is 45.6 Å². The standard InChI is InChI=1S/C10H18O2S4Se.C5H10OS2.K/c1-3-5-7-11-9(13)15-17-16-10(14)12-8-6-4-2;1-2-3-4-6-5(7)8;/h3-8H2,1-2H3;2-4H2,1H3,(H,7,8);/q;;+1/p-1. The quantitative estimate of drug-likeness (QED) is 0.162. The van der Waals surface area contributed by atoms with Crippen LogP contribution in [0.15, 0.2) is 0 Å². The molecule has 3 nitrogen and oxygen atoms in total. The molecule has 0 bridgehead atoms. The molecule has 11 heteroatoms. The van der Waals surface area contributed by atoms with E-state index in [-0.39, 0.29) is 68.5 Å². The summed E-state index contributed by atoms with van der Waals surface area (Å²) in [5.41, 5.74) is 0. The van der Waals surface area contributed by atoms with Crippen LogP contribution in [-0.4, -0.2) is 45.7 Å². The Labute approximate surface area is 236 Å². The van der Waals surface area contributed by atoms with Crippen molar-refractivity contribution in [1.29, 1.82) is 0 Å². The van der Waals surface area contributed by atoms with Gasteiger partial charge in [-0.3, -0.25) is 0 Å². The summed E-state index contributed by atoms with van der Waals surface area (Å²) in [6, 6.07) is 0. The zero-order valence-electron chi connectivity index (χ0n) is 15.9. The molecule has 0 N–H and O–H groups in total. The average Bonchev–Trinajstić information content (AvgIpc) is 2.56. The summed E-state index contributed by atoms with van der Waals surface area (Å²) in [6.45, 7) is 8.48. The summed E-state index contributed by atoms with van der Waals surface area (Å²) in [7, 11) is 3.12. The molecule has 148 valence electrons. The first-order valence-corrected chi connectivity index (χ1v) is 15.5. The van der Waals surface area contributed by atoms with Gasteiger partial charge in [-0.25, -0.2) is 0 Å². The van der Waals surface area contributed by atoms with E-state index in [0.717, 1.165) is 51.7 Å². The van der Waals surface area contributed by atoms with Gasteiger partial charge in [0.1, 0.15) is 0 Å². The Hall–Kier alpha value is 2.75. The van der Waals surface area contributed by atoms with Gasteiger partial charge in [-0.2, -0.15) is 0 Å². The van der Waals surface area contributed by atoms with Crippen LogP contribution in [0.3, 0.4) is 0 Å². The number of hydrogen-bond donors (Lipinski definition) is 0. The number of hydrogen-bond acceptors (Lipinski definition) is 9. The van der Waals surface area contributed by atoms with E-state index in [1.165, 1.54) is 0 Å². The first-order chi connectivity index (χ1) is 12.0. The maximum absolute atomic E-state index is 5.38. The minimum absolute atomic E-state index is 0. The zero-order chi connectivity index (χ0) is 19.3. The van der Waals surface area contributed by atoms with Crippen LogP contribution < -0.4 is 51.4 Å². The zero-order valence-corrected chi connectivity index (χ0v) is 25.7. The van der Waals surface area contributed by atoms with Crippen LogP contribution in [0.25, 0.3) is 0 Å². The van der Waals surface area contributed by atoms with E-state index in [1.54, 1.807) is 20.4 Å². The largest absolute Gasteiger partial charge is 1.00 e. The molecular formula is C15H27KO3S6Se. The molecular weight excluding hydrogens is 539 g/mol. The second kappa shape index (κ2) is 27.7. The number of thiocarbonyl (C=S) groups is 3. The first kappa shape index (κ1) is 33.4. The third-order valence-corrected chi connectivity index (χ3v) is 10.3. The molecule has 0 aromatic rings.